The summed E-state index contributed by atoms with van der Waals surface area (Å²) >= 11 is 7.65. The molecule has 0 aliphatic heterocycles. The van der Waals surface area contributed by atoms with Gasteiger partial charge in [0.05, 0.1) is 5.02 Å². The molecule has 21 heavy (non-hydrogen) atoms. The van der Waals surface area contributed by atoms with Gasteiger partial charge < -0.3 is 11.1 Å². The molecule has 0 aliphatic rings. The summed E-state index contributed by atoms with van der Waals surface area (Å²) in [5, 5.41) is 3.60. The molecule has 3 nitrogen and oxygen atoms in total. The van der Waals surface area contributed by atoms with Crippen molar-refractivity contribution in [2.45, 2.75) is 18.2 Å². The zero-order valence-electron chi connectivity index (χ0n) is 11.7. The number of thioether (sulfide) groups is 1. The minimum absolute atomic E-state index is 0.0248. The third-order valence-corrected chi connectivity index (χ3v) is 4.59. The first-order chi connectivity index (χ1) is 10.1. The fourth-order valence-electron chi connectivity index (χ4n) is 1.82. The summed E-state index contributed by atoms with van der Waals surface area (Å²) in [5.74, 6) is 0.653. The van der Waals surface area contributed by atoms with E-state index in [1.165, 1.54) is 0 Å². The first-order valence-electron chi connectivity index (χ1n) is 6.60. The van der Waals surface area contributed by atoms with Gasteiger partial charge in [-0.15, -0.1) is 11.8 Å². The van der Waals surface area contributed by atoms with Crippen LogP contribution in [0.15, 0.2) is 47.4 Å². The van der Waals surface area contributed by atoms with Crippen molar-refractivity contribution >= 4 is 40.6 Å². The Morgan fingerprint density at radius 3 is 2.76 bits per heavy atom. The molecule has 0 atom stereocenters. The van der Waals surface area contributed by atoms with Gasteiger partial charge in [-0.2, -0.15) is 0 Å². The quantitative estimate of drug-likeness (QED) is 0.636. The number of rotatable bonds is 5. The summed E-state index contributed by atoms with van der Waals surface area (Å²) in [4.78, 5) is 12.9. The number of anilines is 2. The van der Waals surface area contributed by atoms with E-state index in [2.05, 4.69) is 5.32 Å². The maximum atomic E-state index is 12.0. The molecule has 2 rings (SSSR count). The van der Waals surface area contributed by atoms with Crippen LogP contribution in [0.25, 0.3) is 0 Å². The zero-order chi connectivity index (χ0) is 15.2. The van der Waals surface area contributed by atoms with Gasteiger partial charge in [0, 0.05) is 28.4 Å². The minimum Gasteiger partial charge on any atom is -0.398 e. The summed E-state index contributed by atoms with van der Waals surface area (Å²) in [6.45, 7) is 1.89. The molecule has 1 amide bonds. The molecule has 0 saturated carbocycles. The van der Waals surface area contributed by atoms with E-state index in [1.54, 1.807) is 11.8 Å². The third kappa shape index (κ3) is 4.41. The van der Waals surface area contributed by atoms with Crippen molar-refractivity contribution in [2.24, 2.45) is 0 Å². The van der Waals surface area contributed by atoms with Crippen LogP contribution >= 0.6 is 23.4 Å². The highest BCUT2D eigenvalue weighted by molar-refractivity contribution is 7.99. The van der Waals surface area contributed by atoms with Gasteiger partial charge in [0.15, 0.2) is 0 Å². The summed E-state index contributed by atoms with van der Waals surface area (Å²) < 4.78 is 0. The highest BCUT2D eigenvalue weighted by Gasteiger charge is 2.07. The highest BCUT2D eigenvalue weighted by atomic mass is 35.5. The normalized spacial score (nSPS) is 10.4. The lowest BCUT2D eigenvalue weighted by Gasteiger charge is -2.10. The smallest absolute Gasteiger partial charge is 0.225 e. The average Bonchev–Trinajstić information content (AvgIpc) is 2.46. The maximum absolute atomic E-state index is 12.0. The third-order valence-electron chi connectivity index (χ3n) is 3.07. The Labute approximate surface area is 133 Å². The Balaban J connectivity index is 1.85. The van der Waals surface area contributed by atoms with Gasteiger partial charge in [0.25, 0.3) is 0 Å². The molecular weight excluding hydrogens is 304 g/mol. The second-order valence-corrected chi connectivity index (χ2v) is 6.14. The molecule has 5 heteroatoms. The van der Waals surface area contributed by atoms with E-state index in [9.17, 15) is 4.79 Å². The number of nitrogens with one attached hydrogen (secondary N) is 1. The fraction of sp³-hybridized carbons (Fsp3) is 0.188. The molecule has 0 radical (unpaired) electrons. The molecule has 2 aromatic rings. The van der Waals surface area contributed by atoms with Crippen molar-refractivity contribution in [3.63, 3.8) is 0 Å². The Kier molecular flexibility index (Phi) is 5.53. The molecule has 110 valence electrons. The van der Waals surface area contributed by atoms with Crippen LogP contribution in [0.1, 0.15) is 12.0 Å². The Morgan fingerprint density at radius 1 is 1.24 bits per heavy atom. The van der Waals surface area contributed by atoms with Crippen LogP contribution in [0.4, 0.5) is 11.4 Å². The Hall–Kier alpha value is -1.65. The Morgan fingerprint density at radius 2 is 2.00 bits per heavy atom. The molecule has 0 heterocycles. The van der Waals surface area contributed by atoms with Crippen molar-refractivity contribution in [1.29, 1.82) is 0 Å². The monoisotopic (exact) mass is 320 g/mol. The van der Waals surface area contributed by atoms with Crippen LogP contribution < -0.4 is 11.1 Å². The standard InChI is InChI=1S/C16H17ClN2OS/c1-11-13(18)6-4-7-14(11)19-16(20)9-10-21-15-8-3-2-5-12(15)17/h2-8H,9-10,18H2,1H3,(H,19,20). The molecule has 0 fully saturated rings. The second-order valence-electron chi connectivity index (χ2n) is 4.60. The van der Waals surface area contributed by atoms with Crippen molar-refractivity contribution < 1.29 is 4.79 Å². The van der Waals surface area contributed by atoms with Crippen LogP contribution in [0.2, 0.25) is 5.02 Å². The van der Waals surface area contributed by atoms with Gasteiger partial charge in [0.1, 0.15) is 0 Å². The summed E-state index contributed by atoms with van der Waals surface area (Å²) in [7, 11) is 0. The maximum Gasteiger partial charge on any atom is 0.225 e. The van der Waals surface area contributed by atoms with Gasteiger partial charge >= 0.3 is 0 Å². The van der Waals surface area contributed by atoms with Crippen molar-refractivity contribution in [2.75, 3.05) is 16.8 Å². The molecule has 2 aromatic carbocycles. The molecule has 0 bridgehead atoms. The van der Waals surface area contributed by atoms with E-state index in [-0.39, 0.29) is 5.91 Å². The molecule has 0 aliphatic carbocycles. The average molecular weight is 321 g/mol. The van der Waals surface area contributed by atoms with E-state index >= 15 is 0 Å². The number of hydrogen-bond donors (Lipinski definition) is 2. The van der Waals surface area contributed by atoms with Crippen LogP contribution in [-0.2, 0) is 4.79 Å². The lowest BCUT2D eigenvalue weighted by atomic mass is 10.1. The number of nitrogens with two attached hydrogens (primary N) is 1. The summed E-state index contributed by atoms with van der Waals surface area (Å²) in [6.07, 6.45) is 0.421. The number of hydrogen-bond acceptors (Lipinski definition) is 3. The molecule has 0 unspecified atom stereocenters. The van der Waals surface area contributed by atoms with Crippen molar-refractivity contribution in [3.05, 3.63) is 53.1 Å². The fourth-order valence-corrected chi connectivity index (χ4v) is 3.00. The first-order valence-corrected chi connectivity index (χ1v) is 7.96. The molecule has 0 saturated heterocycles. The number of benzene rings is 2. The summed E-state index contributed by atoms with van der Waals surface area (Å²) in [5.41, 5.74) is 8.16. The van der Waals surface area contributed by atoms with Gasteiger partial charge in [-0.1, -0.05) is 29.8 Å². The lowest BCUT2D eigenvalue weighted by Crippen LogP contribution is -2.13. The number of nitrogen functional groups attached to an aromatic ring is 1. The van der Waals surface area contributed by atoms with Crippen LogP contribution in [0, 0.1) is 6.92 Å². The van der Waals surface area contributed by atoms with Gasteiger partial charge in [-0.3, -0.25) is 4.79 Å². The topological polar surface area (TPSA) is 55.1 Å². The van der Waals surface area contributed by atoms with Crippen molar-refractivity contribution in [1.82, 2.24) is 0 Å². The van der Waals surface area contributed by atoms with E-state index in [0.29, 0.717) is 17.9 Å². The van der Waals surface area contributed by atoms with E-state index in [4.69, 9.17) is 17.3 Å². The van der Waals surface area contributed by atoms with Crippen LogP contribution in [-0.4, -0.2) is 11.7 Å². The van der Waals surface area contributed by atoms with Crippen LogP contribution in [0.5, 0.6) is 0 Å². The number of halogens is 1. The molecule has 0 spiro atoms. The van der Waals surface area contributed by atoms with Crippen molar-refractivity contribution in [3.8, 4) is 0 Å². The SMILES string of the molecule is Cc1c(N)cccc1NC(=O)CCSc1ccccc1Cl. The predicted octanol–water partition coefficient (Wildman–Crippen LogP) is 4.35. The van der Waals surface area contributed by atoms with Crippen LogP contribution in [0.3, 0.4) is 0 Å². The molecular formula is C16H17ClN2OS. The van der Waals surface area contributed by atoms with Gasteiger partial charge in [-0.05, 0) is 36.8 Å². The van der Waals surface area contributed by atoms with E-state index < -0.39 is 0 Å². The predicted molar refractivity (Wildman–Crippen MR) is 91.0 cm³/mol. The van der Waals surface area contributed by atoms with Gasteiger partial charge in [-0.25, -0.2) is 0 Å². The first kappa shape index (κ1) is 15.7. The highest BCUT2D eigenvalue weighted by Crippen LogP contribution is 2.27. The number of carbonyl (C=O) groups is 1. The van der Waals surface area contributed by atoms with Gasteiger partial charge in [0.2, 0.25) is 5.91 Å². The largest absolute Gasteiger partial charge is 0.398 e. The number of carbonyl (C=O) groups excluding carboxylic acids is 1. The second kappa shape index (κ2) is 7.38. The molecule has 3 N–H and O–H groups in total. The summed E-state index contributed by atoms with van der Waals surface area (Å²) in [6, 6.07) is 13.1. The minimum atomic E-state index is -0.0248. The number of amides is 1. The lowest BCUT2D eigenvalue weighted by molar-refractivity contribution is -0.115. The van der Waals surface area contributed by atoms with E-state index in [1.807, 2.05) is 49.4 Å². The zero-order valence-corrected chi connectivity index (χ0v) is 13.3. The molecule has 0 aromatic heterocycles. The Bertz CT molecular complexity index is 646. The van der Waals surface area contributed by atoms with E-state index in [0.717, 1.165) is 21.2 Å².